The summed E-state index contributed by atoms with van der Waals surface area (Å²) < 4.78 is 0.412. The monoisotopic (exact) mass is 325 g/mol. The minimum Gasteiger partial charge on any atom is -0.382 e. The molecule has 0 amide bonds. The van der Waals surface area contributed by atoms with Crippen LogP contribution in [0.25, 0.3) is 0 Å². The van der Waals surface area contributed by atoms with Crippen LogP contribution < -0.4 is 5.73 Å². The van der Waals surface area contributed by atoms with E-state index in [4.69, 9.17) is 17.3 Å². The zero-order chi connectivity index (χ0) is 10.7. The first-order chi connectivity index (χ1) is 6.56. The number of pyridine rings is 1. The summed E-state index contributed by atoms with van der Waals surface area (Å²) in [5, 5.41) is 3.08. The molecule has 1 aromatic heterocycles. The lowest BCUT2D eigenvalue weighted by Crippen LogP contribution is -2.00. The molecule has 0 bridgehead atoms. The number of nitroso groups, excluding NO2 is 1. The van der Waals surface area contributed by atoms with E-state index in [1.807, 2.05) is 6.92 Å². The van der Waals surface area contributed by atoms with Crippen molar-refractivity contribution in [3.05, 3.63) is 21.7 Å². The highest BCUT2D eigenvalue weighted by Crippen LogP contribution is 2.33. The molecule has 0 saturated heterocycles. The molecule has 0 spiro atoms. The van der Waals surface area contributed by atoms with Crippen molar-refractivity contribution in [1.29, 1.82) is 0 Å². The fraction of sp³-hybridized carbons (Fsp3) is 0.375. The van der Waals surface area contributed by atoms with E-state index < -0.39 is 0 Å². The van der Waals surface area contributed by atoms with Crippen molar-refractivity contribution in [2.75, 3.05) is 5.73 Å². The van der Waals surface area contributed by atoms with Gasteiger partial charge in [0.1, 0.15) is 0 Å². The van der Waals surface area contributed by atoms with Gasteiger partial charge < -0.3 is 5.73 Å². The smallest absolute Gasteiger partial charge is 0.168 e. The van der Waals surface area contributed by atoms with Crippen LogP contribution in [0.3, 0.4) is 0 Å². The molecule has 0 fully saturated rings. The van der Waals surface area contributed by atoms with Gasteiger partial charge in [0.2, 0.25) is 0 Å². The first-order valence-electron chi connectivity index (χ1n) is 3.96. The van der Waals surface area contributed by atoms with Gasteiger partial charge >= 0.3 is 0 Å². The number of hydrogen-bond donors (Lipinski definition) is 1. The third-order valence-corrected chi connectivity index (χ3v) is 2.55. The normalized spacial score (nSPS) is 12.5. The van der Waals surface area contributed by atoms with E-state index in [1.165, 1.54) is 0 Å². The Labute approximate surface area is 100 Å². The van der Waals surface area contributed by atoms with Crippen LogP contribution in [0.4, 0.5) is 11.5 Å². The Morgan fingerprint density at radius 2 is 2.43 bits per heavy atom. The van der Waals surface area contributed by atoms with Crippen LogP contribution in [0.5, 0.6) is 0 Å². The Balaban J connectivity index is 3.14. The molecule has 1 aromatic rings. The molecule has 1 atom stereocenters. The van der Waals surface area contributed by atoms with Gasteiger partial charge in [0.05, 0.1) is 5.02 Å². The molecule has 2 N–H and O–H groups in total. The van der Waals surface area contributed by atoms with Crippen LogP contribution in [0.2, 0.25) is 5.02 Å². The molecule has 1 heterocycles. The molecule has 6 heteroatoms. The second-order valence-corrected chi connectivity index (χ2v) is 5.41. The highest BCUT2D eigenvalue weighted by atomic mass is 127. The van der Waals surface area contributed by atoms with Crippen LogP contribution in [-0.4, -0.2) is 8.91 Å². The maximum Gasteiger partial charge on any atom is 0.168 e. The predicted molar refractivity (Wildman–Crippen MR) is 66.3 cm³/mol. The molecule has 76 valence electrons. The summed E-state index contributed by atoms with van der Waals surface area (Å²) in [4.78, 5) is 14.3. The summed E-state index contributed by atoms with van der Waals surface area (Å²) >= 11 is 8.21. The number of alkyl halides is 1. The van der Waals surface area contributed by atoms with E-state index in [2.05, 4.69) is 32.8 Å². The van der Waals surface area contributed by atoms with Gasteiger partial charge in [-0.25, -0.2) is 4.98 Å². The van der Waals surface area contributed by atoms with E-state index in [0.717, 1.165) is 12.0 Å². The molecule has 14 heavy (non-hydrogen) atoms. The van der Waals surface area contributed by atoms with Gasteiger partial charge in [-0.05, 0) is 17.2 Å². The third kappa shape index (κ3) is 2.54. The van der Waals surface area contributed by atoms with Gasteiger partial charge in [-0.1, -0.05) is 41.1 Å². The van der Waals surface area contributed by atoms with E-state index >= 15 is 0 Å². The second kappa shape index (κ2) is 4.88. The Morgan fingerprint density at radius 3 is 2.93 bits per heavy atom. The Hall–Kier alpha value is -0.430. The molecular formula is C8H9ClIN3O. The largest absolute Gasteiger partial charge is 0.382 e. The summed E-state index contributed by atoms with van der Waals surface area (Å²) in [7, 11) is 0. The van der Waals surface area contributed by atoms with E-state index in [0.29, 0.717) is 8.95 Å². The van der Waals surface area contributed by atoms with E-state index in [9.17, 15) is 4.91 Å². The minimum atomic E-state index is 0.0428. The molecular weight excluding hydrogens is 316 g/mol. The molecule has 0 radical (unpaired) electrons. The van der Waals surface area contributed by atoms with E-state index in [1.54, 1.807) is 6.20 Å². The van der Waals surface area contributed by atoms with Crippen molar-refractivity contribution in [1.82, 2.24) is 4.98 Å². The third-order valence-electron chi connectivity index (χ3n) is 1.68. The molecule has 1 rings (SSSR count). The molecule has 0 saturated carbocycles. The van der Waals surface area contributed by atoms with Crippen molar-refractivity contribution in [3.8, 4) is 0 Å². The van der Waals surface area contributed by atoms with Crippen LogP contribution in [0.15, 0.2) is 11.4 Å². The predicted octanol–water partition coefficient (Wildman–Crippen LogP) is 3.08. The maximum absolute atomic E-state index is 10.4. The van der Waals surface area contributed by atoms with Crippen molar-refractivity contribution in [2.24, 2.45) is 5.18 Å². The first-order valence-corrected chi connectivity index (χ1v) is 5.59. The van der Waals surface area contributed by atoms with Gasteiger partial charge in [-0.3, -0.25) is 0 Å². The topological polar surface area (TPSA) is 68.3 Å². The average Bonchev–Trinajstić information content (AvgIpc) is 2.10. The fourth-order valence-corrected chi connectivity index (χ4v) is 1.79. The zero-order valence-electron chi connectivity index (χ0n) is 7.50. The Bertz CT molecular complexity index is 357. The number of nitrogens with two attached hydrogens (primary N) is 1. The molecule has 0 aliphatic carbocycles. The summed E-state index contributed by atoms with van der Waals surface area (Å²) in [6.07, 6.45) is 2.33. The maximum atomic E-state index is 10.4. The van der Waals surface area contributed by atoms with Gasteiger partial charge in [-0.15, -0.1) is 4.91 Å². The van der Waals surface area contributed by atoms with Crippen molar-refractivity contribution < 1.29 is 0 Å². The number of rotatable bonds is 3. The zero-order valence-corrected chi connectivity index (χ0v) is 10.4. The second-order valence-electron chi connectivity index (χ2n) is 2.91. The van der Waals surface area contributed by atoms with E-state index in [-0.39, 0.29) is 11.5 Å². The number of hydrogen-bond acceptors (Lipinski definition) is 4. The lowest BCUT2D eigenvalue weighted by atomic mass is 10.1. The first kappa shape index (κ1) is 11.6. The number of anilines is 1. The van der Waals surface area contributed by atoms with Crippen LogP contribution in [-0.2, 0) is 6.42 Å². The molecule has 0 aromatic carbocycles. The van der Waals surface area contributed by atoms with Gasteiger partial charge in [0.15, 0.2) is 11.5 Å². The lowest BCUT2D eigenvalue weighted by molar-refractivity contribution is 0.966. The number of halogens is 2. The Morgan fingerprint density at radius 1 is 1.79 bits per heavy atom. The molecule has 1 unspecified atom stereocenters. The highest BCUT2D eigenvalue weighted by Gasteiger charge is 2.13. The van der Waals surface area contributed by atoms with Crippen LogP contribution in [0.1, 0.15) is 12.5 Å². The van der Waals surface area contributed by atoms with Crippen molar-refractivity contribution in [2.45, 2.75) is 17.3 Å². The number of aromatic nitrogens is 1. The molecule has 0 aliphatic heterocycles. The average molecular weight is 326 g/mol. The van der Waals surface area contributed by atoms with Gasteiger partial charge in [-0.2, -0.15) is 0 Å². The van der Waals surface area contributed by atoms with Crippen LogP contribution >= 0.6 is 34.2 Å². The minimum absolute atomic E-state index is 0.0428. The summed E-state index contributed by atoms with van der Waals surface area (Å²) in [5.41, 5.74) is 6.29. The lowest BCUT2D eigenvalue weighted by Gasteiger charge is -2.07. The highest BCUT2D eigenvalue weighted by molar-refractivity contribution is 14.1. The standard InChI is InChI=1S/C8H9ClIN3O/c1-4(10)2-5-3-12-8(11)7(13-14)6(5)9/h3-4H,2H2,1H3,(H2,11,12). The fourth-order valence-electron chi connectivity index (χ4n) is 1.06. The summed E-state index contributed by atoms with van der Waals surface area (Å²) in [6, 6.07) is 0. The quantitative estimate of drug-likeness (QED) is 0.527. The van der Waals surface area contributed by atoms with Crippen molar-refractivity contribution in [3.63, 3.8) is 0 Å². The van der Waals surface area contributed by atoms with Gasteiger partial charge in [0, 0.05) is 10.1 Å². The van der Waals surface area contributed by atoms with Crippen molar-refractivity contribution >= 4 is 45.7 Å². The SMILES string of the molecule is CC(I)Cc1cnc(N)c(N=O)c1Cl. The molecule has 4 nitrogen and oxygen atoms in total. The van der Waals surface area contributed by atoms with Crippen LogP contribution in [0, 0.1) is 4.91 Å². The molecule has 0 aliphatic rings. The van der Waals surface area contributed by atoms with Gasteiger partial charge in [0.25, 0.3) is 0 Å². The summed E-state index contributed by atoms with van der Waals surface area (Å²) in [5.74, 6) is 0.0786. The number of nitrogens with zero attached hydrogens (tertiary/aromatic N) is 2. The summed E-state index contributed by atoms with van der Waals surface area (Å²) in [6.45, 7) is 2.04. The Kier molecular flexibility index (Phi) is 4.06. The number of nitrogen functional groups attached to an aromatic ring is 1.